The molecule has 0 rings (SSSR count). The Labute approximate surface area is 60.0 Å². The summed E-state index contributed by atoms with van der Waals surface area (Å²) in [6, 6.07) is 0. The van der Waals surface area contributed by atoms with Crippen LogP contribution in [0.25, 0.3) is 0 Å². The molecule has 62 valence electrons. The van der Waals surface area contributed by atoms with E-state index in [1.807, 2.05) is 6.92 Å². The number of unbranched alkanes of at least 4 members (excludes halogenated alkanes) is 1. The van der Waals surface area contributed by atoms with Crippen molar-refractivity contribution in [3.8, 4) is 0 Å². The molecule has 0 aliphatic carbocycles. The van der Waals surface area contributed by atoms with Crippen LogP contribution in [0.3, 0.4) is 0 Å². The Kier molecular flexibility index (Phi) is 4.13. The van der Waals surface area contributed by atoms with Crippen molar-refractivity contribution in [2.75, 3.05) is 0 Å². The van der Waals surface area contributed by atoms with Gasteiger partial charge in [0.2, 0.25) is 0 Å². The second kappa shape index (κ2) is 4.09. The van der Waals surface area contributed by atoms with Gasteiger partial charge in [0.25, 0.3) is 0 Å². The van der Waals surface area contributed by atoms with Crippen molar-refractivity contribution >= 4 is 7.60 Å². The summed E-state index contributed by atoms with van der Waals surface area (Å²) in [6.07, 6.45) is 1.40. The SMILES string of the molecule is CCCCC(O)P(=O)([O-])[O-]. The van der Waals surface area contributed by atoms with Crippen LogP contribution in [0.2, 0.25) is 0 Å². The van der Waals surface area contributed by atoms with Gasteiger partial charge in [-0.3, -0.25) is 0 Å². The third-order valence-corrected chi connectivity index (χ3v) is 2.17. The highest BCUT2D eigenvalue weighted by Gasteiger charge is 2.06. The number of hydrogen-bond donors (Lipinski definition) is 1. The molecule has 0 aliphatic heterocycles. The Morgan fingerprint density at radius 2 is 2.10 bits per heavy atom. The molecule has 0 radical (unpaired) electrons. The van der Waals surface area contributed by atoms with E-state index in [1.165, 1.54) is 0 Å². The normalized spacial score (nSPS) is 15.2. The Morgan fingerprint density at radius 3 is 2.40 bits per heavy atom. The zero-order chi connectivity index (χ0) is 8.20. The predicted octanol–water partition coefficient (Wildman–Crippen LogP) is -0.591. The molecule has 10 heavy (non-hydrogen) atoms. The maximum absolute atomic E-state index is 10.1. The second-order valence-corrected chi connectivity index (χ2v) is 3.84. The predicted molar refractivity (Wildman–Crippen MR) is 33.1 cm³/mol. The molecular formula is C5H11O4P-2. The molecule has 0 aromatic heterocycles. The fourth-order valence-electron chi connectivity index (χ4n) is 0.545. The average Bonchev–Trinajstić information content (AvgIpc) is 1.80. The molecule has 0 aromatic rings. The van der Waals surface area contributed by atoms with E-state index in [1.54, 1.807) is 0 Å². The highest BCUT2D eigenvalue weighted by molar-refractivity contribution is 7.49. The van der Waals surface area contributed by atoms with E-state index in [9.17, 15) is 14.4 Å². The standard InChI is InChI=1S/C5H13O4P/c1-2-3-4-5(6)10(7,8)9/h5-6H,2-4H2,1H3,(H2,7,8,9)/p-2. The molecular weight excluding hydrogens is 155 g/mol. The Bertz CT molecular complexity index is 130. The quantitative estimate of drug-likeness (QED) is 0.565. The van der Waals surface area contributed by atoms with Gasteiger partial charge in [0, 0.05) is 0 Å². The summed E-state index contributed by atoms with van der Waals surface area (Å²) in [6.45, 7) is 1.85. The van der Waals surface area contributed by atoms with E-state index < -0.39 is 13.4 Å². The second-order valence-electron chi connectivity index (χ2n) is 2.16. The maximum Gasteiger partial charge on any atom is 0.0807 e. The first-order chi connectivity index (χ1) is 4.48. The molecule has 0 bridgehead atoms. The lowest BCUT2D eigenvalue weighted by Gasteiger charge is -2.34. The van der Waals surface area contributed by atoms with Gasteiger partial charge in [-0.15, -0.1) is 0 Å². The summed E-state index contributed by atoms with van der Waals surface area (Å²) < 4.78 is 10.1. The fraction of sp³-hybridized carbons (Fsp3) is 1.00. The van der Waals surface area contributed by atoms with Crippen LogP contribution in [0.4, 0.5) is 0 Å². The zero-order valence-corrected chi connectivity index (χ0v) is 6.71. The smallest absolute Gasteiger partial charge is 0.0807 e. The van der Waals surface area contributed by atoms with E-state index >= 15 is 0 Å². The third kappa shape index (κ3) is 4.01. The Balaban J connectivity index is 3.63. The van der Waals surface area contributed by atoms with Crippen LogP contribution in [0.15, 0.2) is 0 Å². The van der Waals surface area contributed by atoms with Gasteiger partial charge in [0.15, 0.2) is 0 Å². The fourth-order valence-corrected chi connectivity index (χ4v) is 1.04. The summed E-state index contributed by atoms with van der Waals surface area (Å²) in [4.78, 5) is 20.1. The first-order valence-electron chi connectivity index (χ1n) is 3.18. The van der Waals surface area contributed by atoms with Crippen LogP contribution >= 0.6 is 7.60 Å². The summed E-state index contributed by atoms with van der Waals surface area (Å²) in [5.41, 5.74) is 0. The third-order valence-electron chi connectivity index (χ3n) is 1.18. The highest BCUT2D eigenvalue weighted by atomic mass is 31.2. The zero-order valence-electron chi connectivity index (χ0n) is 5.82. The largest absolute Gasteiger partial charge is 0.809 e. The number of rotatable bonds is 4. The maximum atomic E-state index is 10.1. The number of aliphatic hydroxyl groups excluding tert-OH is 1. The lowest BCUT2D eigenvalue weighted by atomic mass is 10.3. The molecule has 0 aromatic carbocycles. The lowest BCUT2D eigenvalue weighted by Crippen LogP contribution is -2.25. The van der Waals surface area contributed by atoms with Crippen LogP contribution in [-0.4, -0.2) is 11.0 Å². The van der Waals surface area contributed by atoms with E-state index in [0.29, 0.717) is 6.42 Å². The van der Waals surface area contributed by atoms with Crippen molar-refractivity contribution in [1.29, 1.82) is 0 Å². The molecule has 0 heterocycles. The molecule has 4 nitrogen and oxygen atoms in total. The van der Waals surface area contributed by atoms with Gasteiger partial charge in [0.05, 0.1) is 5.85 Å². The molecule has 0 spiro atoms. The summed E-state index contributed by atoms with van der Waals surface area (Å²) in [5.74, 6) is -1.69. The monoisotopic (exact) mass is 166 g/mol. The molecule has 1 N–H and O–H groups in total. The van der Waals surface area contributed by atoms with Gasteiger partial charge in [-0.05, 0) is 14.0 Å². The molecule has 0 amide bonds. The van der Waals surface area contributed by atoms with Crippen molar-refractivity contribution in [3.63, 3.8) is 0 Å². The molecule has 5 heteroatoms. The molecule has 1 unspecified atom stereocenters. The number of hydrogen-bond acceptors (Lipinski definition) is 4. The van der Waals surface area contributed by atoms with Crippen LogP contribution < -0.4 is 9.79 Å². The topological polar surface area (TPSA) is 83.4 Å². The van der Waals surface area contributed by atoms with Crippen LogP contribution in [0.1, 0.15) is 26.2 Å². The van der Waals surface area contributed by atoms with E-state index in [-0.39, 0.29) is 6.42 Å². The van der Waals surface area contributed by atoms with E-state index in [4.69, 9.17) is 5.11 Å². The minimum atomic E-state index is -4.73. The number of aliphatic hydroxyl groups is 1. The van der Waals surface area contributed by atoms with Gasteiger partial charge in [-0.25, -0.2) is 0 Å². The minimum absolute atomic E-state index is 0.0563. The first-order valence-corrected chi connectivity index (χ1v) is 4.79. The van der Waals surface area contributed by atoms with Crippen molar-refractivity contribution in [3.05, 3.63) is 0 Å². The Morgan fingerprint density at radius 1 is 1.60 bits per heavy atom. The summed E-state index contributed by atoms with van der Waals surface area (Å²) in [5, 5.41) is 8.63. The molecule has 0 aliphatic rings. The van der Waals surface area contributed by atoms with Gasteiger partial charge in [-0.2, -0.15) is 0 Å². The average molecular weight is 166 g/mol. The highest BCUT2D eigenvalue weighted by Crippen LogP contribution is 2.32. The van der Waals surface area contributed by atoms with Gasteiger partial charge in [-0.1, -0.05) is 19.8 Å². The van der Waals surface area contributed by atoms with Crippen LogP contribution in [-0.2, 0) is 4.57 Å². The molecule has 0 saturated heterocycles. The van der Waals surface area contributed by atoms with E-state index in [2.05, 4.69) is 0 Å². The summed E-state index contributed by atoms with van der Waals surface area (Å²) in [7, 11) is -4.73. The van der Waals surface area contributed by atoms with Gasteiger partial charge >= 0.3 is 0 Å². The molecule has 0 saturated carbocycles. The van der Waals surface area contributed by atoms with Crippen molar-refractivity contribution in [1.82, 2.24) is 0 Å². The molecule has 1 atom stereocenters. The van der Waals surface area contributed by atoms with Gasteiger partial charge < -0.3 is 19.5 Å². The van der Waals surface area contributed by atoms with Crippen molar-refractivity contribution < 1.29 is 19.5 Å². The van der Waals surface area contributed by atoms with E-state index in [0.717, 1.165) is 6.42 Å². The Hall–Kier alpha value is 0.110. The van der Waals surface area contributed by atoms with Gasteiger partial charge in [0.1, 0.15) is 0 Å². The molecule has 0 fully saturated rings. The van der Waals surface area contributed by atoms with Crippen LogP contribution in [0, 0.1) is 0 Å². The van der Waals surface area contributed by atoms with Crippen molar-refractivity contribution in [2.24, 2.45) is 0 Å². The van der Waals surface area contributed by atoms with Crippen LogP contribution in [0.5, 0.6) is 0 Å². The first kappa shape index (κ1) is 10.1. The summed E-state index contributed by atoms with van der Waals surface area (Å²) >= 11 is 0. The lowest BCUT2D eigenvalue weighted by molar-refractivity contribution is -0.322. The minimum Gasteiger partial charge on any atom is -0.809 e. The van der Waals surface area contributed by atoms with Crippen molar-refractivity contribution in [2.45, 2.75) is 32.0 Å².